The molecule has 0 aliphatic carbocycles. The Labute approximate surface area is 57.7 Å². The van der Waals surface area contributed by atoms with Crippen molar-refractivity contribution in [1.82, 2.24) is 0 Å². The van der Waals surface area contributed by atoms with E-state index in [2.05, 4.69) is 4.74 Å². The molecule has 42 valence electrons. The van der Waals surface area contributed by atoms with Gasteiger partial charge in [-0.15, -0.1) is 0 Å². The topological polar surface area (TPSA) is 26.3 Å². The van der Waals surface area contributed by atoms with Crippen LogP contribution in [-0.2, 0) is 31.9 Å². The van der Waals surface area contributed by atoms with Gasteiger partial charge in [0.25, 0.3) is 0 Å². The molecule has 0 fully saturated rings. The second kappa shape index (κ2) is 5.77. The van der Waals surface area contributed by atoms with Crippen LogP contribution in [0.4, 0.5) is 0 Å². The maximum Gasteiger partial charge on any atom is 1.00 e. The Morgan fingerprint density at radius 1 is 1.86 bits per heavy atom. The summed E-state index contributed by atoms with van der Waals surface area (Å²) in [5, 5.41) is 0. The summed E-state index contributed by atoms with van der Waals surface area (Å²) in [5.41, 5.74) is 0. The first-order chi connectivity index (χ1) is 2.81. The summed E-state index contributed by atoms with van der Waals surface area (Å²) in [7, 11) is 1.20. The van der Waals surface area contributed by atoms with E-state index >= 15 is 0 Å². The molecular formula is C4H3AgO2. The maximum atomic E-state index is 9.66. The van der Waals surface area contributed by atoms with Crippen LogP contribution in [0.5, 0.6) is 0 Å². The van der Waals surface area contributed by atoms with Gasteiger partial charge in [0.1, 0.15) is 0 Å². The van der Waals surface area contributed by atoms with E-state index in [0.29, 0.717) is 0 Å². The maximum absolute atomic E-state index is 9.66. The fraction of sp³-hybridized carbons (Fsp3) is 0.250. The van der Waals surface area contributed by atoms with Gasteiger partial charge >= 0.3 is 22.4 Å². The van der Waals surface area contributed by atoms with Crippen molar-refractivity contribution in [2.45, 2.75) is 0 Å². The van der Waals surface area contributed by atoms with Crippen LogP contribution in [0.2, 0.25) is 0 Å². The van der Waals surface area contributed by atoms with E-state index in [9.17, 15) is 4.79 Å². The molecule has 0 atom stereocenters. The third-order valence-corrected chi connectivity index (χ3v) is 0.287. The molecule has 0 aliphatic rings. The summed E-state index contributed by atoms with van der Waals surface area (Å²) in [4.78, 5) is 9.66. The van der Waals surface area contributed by atoms with E-state index in [0.717, 1.165) is 0 Å². The van der Waals surface area contributed by atoms with E-state index in [4.69, 9.17) is 6.42 Å². The molecular weight excluding hydrogens is 188 g/mol. The summed E-state index contributed by atoms with van der Waals surface area (Å²) in [5.74, 6) is 0.763. The average Bonchev–Trinajstić information content (AvgIpc) is 1.65. The molecule has 0 bridgehead atoms. The molecule has 0 saturated carbocycles. The van der Waals surface area contributed by atoms with Crippen LogP contribution in [0.3, 0.4) is 0 Å². The molecule has 0 aromatic heterocycles. The van der Waals surface area contributed by atoms with Gasteiger partial charge in [0.2, 0.25) is 5.97 Å². The predicted octanol–water partition coefficient (Wildman–Crippen LogP) is -0.253. The molecule has 0 saturated heterocycles. The number of hydrogen-bond donors (Lipinski definition) is 0. The Kier molecular flexibility index (Phi) is 8.17. The van der Waals surface area contributed by atoms with Gasteiger partial charge in [-0.25, -0.2) is 5.92 Å². The Bertz CT molecular complexity index is 92.4. The smallest absolute Gasteiger partial charge is 0.544 e. The number of methoxy groups -OCH3 is 1. The van der Waals surface area contributed by atoms with Crippen LogP contribution in [0.25, 0.3) is 0 Å². The minimum atomic E-state index is -0.741. The van der Waals surface area contributed by atoms with Crippen molar-refractivity contribution >= 4 is 5.97 Å². The van der Waals surface area contributed by atoms with Crippen LogP contribution in [0, 0.1) is 12.3 Å². The number of carbonyl (C=O) groups excluding carboxylic acids is 1. The minimum absolute atomic E-state index is 0. The zero-order chi connectivity index (χ0) is 4.99. The van der Waals surface area contributed by atoms with Crippen LogP contribution < -0.4 is 0 Å². The van der Waals surface area contributed by atoms with E-state index in [1.807, 2.05) is 0 Å². The molecule has 0 N–H and O–H groups in total. The molecule has 0 aromatic carbocycles. The molecule has 0 unspecified atom stereocenters. The van der Waals surface area contributed by atoms with Crippen molar-refractivity contribution < 1.29 is 31.9 Å². The summed E-state index contributed by atoms with van der Waals surface area (Å²) < 4.78 is 3.96. The molecule has 0 aliphatic heterocycles. The SMILES string of the molecule is [Ag+].[C-]#CC(=O)OC. The Balaban J connectivity index is 0. The summed E-state index contributed by atoms with van der Waals surface area (Å²) >= 11 is 0. The first-order valence-corrected chi connectivity index (χ1v) is 1.32. The van der Waals surface area contributed by atoms with Gasteiger partial charge in [0, 0.05) is 0 Å². The fourth-order valence-electron chi connectivity index (χ4n) is 0.0510. The zero-order valence-electron chi connectivity index (χ0n) is 3.62. The third-order valence-electron chi connectivity index (χ3n) is 0.287. The standard InChI is InChI=1S/C4H3O2.Ag/c1-3-4(5)6-2;/h2H3;/q-1;+1. The van der Waals surface area contributed by atoms with Gasteiger partial charge in [-0.05, 0) is 0 Å². The van der Waals surface area contributed by atoms with Crippen molar-refractivity contribution in [3.63, 3.8) is 0 Å². The number of ether oxygens (including phenoxy) is 1. The molecule has 7 heavy (non-hydrogen) atoms. The number of carbonyl (C=O) groups is 1. The molecule has 0 amide bonds. The molecule has 0 radical (unpaired) electrons. The van der Waals surface area contributed by atoms with Crippen molar-refractivity contribution in [3.05, 3.63) is 6.42 Å². The molecule has 3 heteroatoms. The van der Waals surface area contributed by atoms with Crippen LogP contribution in [0.1, 0.15) is 0 Å². The minimum Gasteiger partial charge on any atom is -0.544 e. The number of esters is 1. The van der Waals surface area contributed by atoms with Gasteiger partial charge in [0.15, 0.2) is 0 Å². The summed E-state index contributed by atoms with van der Waals surface area (Å²) in [6, 6.07) is 0. The first kappa shape index (κ1) is 9.91. The first-order valence-electron chi connectivity index (χ1n) is 1.32. The second-order valence-corrected chi connectivity index (χ2v) is 0.617. The quantitative estimate of drug-likeness (QED) is 0.228. The Morgan fingerprint density at radius 2 is 2.29 bits per heavy atom. The predicted molar refractivity (Wildman–Crippen MR) is 19.1 cm³/mol. The van der Waals surface area contributed by atoms with Crippen molar-refractivity contribution in [2.24, 2.45) is 0 Å². The van der Waals surface area contributed by atoms with Crippen molar-refractivity contribution in [1.29, 1.82) is 0 Å². The largest absolute Gasteiger partial charge is 1.00 e. The van der Waals surface area contributed by atoms with Crippen LogP contribution in [-0.4, -0.2) is 13.1 Å². The van der Waals surface area contributed by atoms with Gasteiger partial charge in [-0.3, -0.25) is 0 Å². The van der Waals surface area contributed by atoms with Gasteiger partial charge in [-0.2, -0.15) is 0 Å². The molecule has 0 aromatic rings. The Hall–Kier alpha value is -0.230. The number of rotatable bonds is 0. The van der Waals surface area contributed by atoms with E-state index in [1.165, 1.54) is 13.0 Å². The van der Waals surface area contributed by atoms with E-state index in [1.54, 1.807) is 0 Å². The number of hydrogen-bond acceptors (Lipinski definition) is 2. The summed E-state index contributed by atoms with van der Waals surface area (Å²) in [6.45, 7) is 0. The van der Waals surface area contributed by atoms with Gasteiger partial charge in [0.05, 0.1) is 7.11 Å². The monoisotopic (exact) mass is 190 g/mol. The Morgan fingerprint density at radius 3 is 2.29 bits per heavy atom. The molecule has 2 nitrogen and oxygen atoms in total. The zero-order valence-corrected chi connectivity index (χ0v) is 5.10. The van der Waals surface area contributed by atoms with Crippen LogP contribution >= 0.6 is 0 Å². The average molecular weight is 191 g/mol. The van der Waals surface area contributed by atoms with Gasteiger partial charge in [-0.1, -0.05) is 0 Å². The van der Waals surface area contributed by atoms with Crippen molar-refractivity contribution in [3.8, 4) is 5.92 Å². The molecule has 0 heterocycles. The fourth-order valence-corrected chi connectivity index (χ4v) is 0.0510. The third kappa shape index (κ3) is 5.77. The van der Waals surface area contributed by atoms with Gasteiger partial charge < -0.3 is 16.0 Å². The molecule has 0 rings (SSSR count). The molecule has 0 spiro atoms. The van der Waals surface area contributed by atoms with Crippen molar-refractivity contribution in [2.75, 3.05) is 7.11 Å². The normalized spacial score (nSPS) is 5.14. The van der Waals surface area contributed by atoms with E-state index in [-0.39, 0.29) is 22.4 Å². The van der Waals surface area contributed by atoms with Crippen LogP contribution in [0.15, 0.2) is 0 Å². The van der Waals surface area contributed by atoms with E-state index < -0.39 is 5.97 Å². The second-order valence-electron chi connectivity index (χ2n) is 0.617. The summed E-state index contributed by atoms with van der Waals surface area (Å²) in [6.07, 6.45) is 6.08.